The predicted octanol–water partition coefficient (Wildman–Crippen LogP) is 3.31. The van der Waals surface area contributed by atoms with E-state index in [4.69, 9.17) is 5.11 Å². The van der Waals surface area contributed by atoms with Crippen LogP contribution in [0.3, 0.4) is 0 Å². The van der Waals surface area contributed by atoms with Crippen molar-refractivity contribution in [3.8, 4) is 0 Å². The molecule has 0 radical (unpaired) electrons. The molecule has 0 aromatic rings. The molecule has 15 heavy (non-hydrogen) atoms. The van der Waals surface area contributed by atoms with Gasteiger partial charge in [-0.15, -0.1) is 0 Å². The highest BCUT2D eigenvalue weighted by Gasteiger charge is 2.49. The van der Waals surface area contributed by atoms with Gasteiger partial charge < -0.3 is 5.11 Å². The quantitative estimate of drug-likeness (QED) is 0.700. The smallest absolute Gasteiger partial charge is 0.0612 e. The van der Waals surface area contributed by atoms with Gasteiger partial charge >= 0.3 is 0 Å². The van der Waals surface area contributed by atoms with Gasteiger partial charge in [0.15, 0.2) is 0 Å². The van der Waals surface area contributed by atoms with Crippen LogP contribution in [0.25, 0.3) is 0 Å². The van der Waals surface area contributed by atoms with Crippen LogP contribution < -0.4 is 0 Å². The van der Waals surface area contributed by atoms with Crippen LogP contribution in [0.1, 0.15) is 39.0 Å². The summed E-state index contributed by atoms with van der Waals surface area (Å²) in [7, 11) is 0. The second-order valence-electron chi connectivity index (χ2n) is 5.34. The molecule has 0 amide bonds. The molecule has 84 valence electrons. The summed E-state index contributed by atoms with van der Waals surface area (Å²) in [5.41, 5.74) is 1.90. The van der Waals surface area contributed by atoms with Gasteiger partial charge in [-0.2, -0.15) is 0 Å². The van der Waals surface area contributed by atoms with Gasteiger partial charge in [0.1, 0.15) is 0 Å². The molecule has 1 heteroatoms. The number of hydrogen-bond donors (Lipinski definition) is 1. The molecular formula is C14H22O. The minimum atomic E-state index is 0.170. The fraction of sp³-hybridized carbons (Fsp3) is 0.714. The maximum absolute atomic E-state index is 8.68. The first-order chi connectivity index (χ1) is 7.18. The zero-order valence-electron chi connectivity index (χ0n) is 9.71. The maximum atomic E-state index is 8.68. The van der Waals surface area contributed by atoms with Gasteiger partial charge in [0.2, 0.25) is 0 Å². The molecule has 2 aliphatic rings. The molecule has 0 saturated heterocycles. The van der Waals surface area contributed by atoms with E-state index in [1.54, 1.807) is 0 Å². The molecule has 1 N–H and O–H groups in total. The fourth-order valence-corrected chi connectivity index (χ4v) is 3.55. The lowest BCUT2D eigenvalue weighted by atomic mass is 9.69. The van der Waals surface area contributed by atoms with E-state index in [-0.39, 0.29) is 6.61 Å². The molecule has 0 unspecified atom stereocenters. The Kier molecular flexibility index (Phi) is 3.01. The third kappa shape index (κ3) is 1.78. The van der Waals surface area contributed by atoms with Crippen LogP contribution in [-0.2, 0) is 0 Å². The van der Waals surface area contributed by atoms with Crippen LogP contribution in [-0.4, -0.2) is 11.7 Å². The second-order valence-corrected chi connectivity index (χ2v) is 5.34. The highest BCUT2D eigenvalue weighted by molar-refractivity contribution is 5.24. The third-order valence-electron chi connectivity index (χ3n) is 4.66. The molecule has 2 saturated carbocycles. The van der Waals surface area contributed by atoms with Crippen LogP contribution in [0.5, 0.6) is 0 Å². The topological polar surface area (TPSA) is 20.2 Å². The first-order valence-corrected chi connectivity index (χ1v) is 6.13. The van der Waals surface area contributed by atoms with Crippen molar-refractivity contribution in [2.24, 2.45) is 17.3 Å². The van der Waals surface area contributed by atoms with Gasteiger partial charge in [-0.1, -0.05) is 31.2 Å². The van der Waals surface area contributed by atoms with Crippen molar-refractivity contribution in [1.82, 2.24) is 0 Å². The van der Waals surface area contributed by atoms with Crippen LogP contribution in [0.4, 0.5) is 0 Å². The van der Waals surface area contributed by atoms with Gasteiger partial charge in [-0.05, 0) is 49.4 Å². The van der Waals surface area contributed by atoms with E-state index in [2.05, 4.69) is 19.6 Å². The van der Waals surface area contributed by atoms with Crippen LogP contribution in [0.2, 0.25) is 0 Å². The minimum absolute atomic E-state index is 0.170. The maximum Gasteiger partial charge on any atom is 0.0612 e. The van der Waals surface area contributed by atoms with Crippen LogP contribution in [0, 0.1) is 17.3 Å². The van der Waals surface area contributed by atoms with Gasteiger partial charge in [-0.25, -0.2) is 0 Å². The molecule has 0 spiro atoms. The summed E-state index contributed by atoms with van der Waals surface area (Å²) in [4.78, 5) is 0. The number of fused-ring (bicyclic) bond motifs is 2. The van der Waals surface area contributed by atoms with Gasteiger partial charge in [-0.3, -0.25) is 0 Å². The monoisotopic (exact) mass is 206 g/mol. The van der Waals surface area contributed by atoms with Crippen LogP contribution in [0.15, 0.2) is 24.3 Å². The lowest BCUT2D eigenvalue weighted by Gasteiger charge is -2.36. The van der Waals surface area contributed by atoms with Gasteiger partial charge in [0.25, 0.3) is 0 Å². The third-order valence-corrected chi connectivity index (χ3v) is 4.66. The van der Waals surface area contributed by atoms with E-state index in [1.165, 1.54) is 31.3 Å². The van der Waals surface area contributed by atoms with Crippen molar-refractivity contribution in [2.75, 3.05) is 6.61 Å². The van der Waals surface area contributed by atoms with E-state index in [1.807, 2.05) is 6.08 Å². The number of aliphatic hydroxyl groups is 1. The van der Waals surface area contributed by atoms with Crippen molar-refractivity contribution >= 4 is 0 Å². The summed E-state index contributed by atoms with van der Waals surface area (Å²) in [6.07, 6.45) is 10.4. The van der Waals surface area contributed by atoms with Crippen LogP contribution >= 0.6 is 0 Å². The summed E-state index contributed by atoms with van der Waals surface area (Å²) < 4.78 is 0. The first-order valence-electron chi connectivity index (χ1n) is 6.13. The Hall–Kier alpha value is -0.560. The number of aliphatic hydroxyl groups excluding tert-OH is 1. The van der Waals surface area contributed by atoms with Crippen molar-refractivity contribution in [1.29, 1.82) is 0 Å². The van der Waals surface area contributed by atoms with Crippen molar-refractivity contribution in [2.45, 2.75) is 39.0 Å². The van der Waals surface area contributed by atoms with Crippen molar-refractivity contribution in [3.05, 3.63) is 24.3 Å². The molecular weight excluding hydrogens is 184 g/mol. The average molecular weight is 206 g/mol. The minimum Gasteiger partial charge on any atom is -0.392 e. The zero-order chi connectivity index (χ0) is 10.9. The molecule has 2 bridgehead atoms. The first kappa shape index (κ1) is 10.9. The van der Waals surface area contributed by atoms with E-state index >= 15 is 0 Å². The number of hydrogen-bond acceptors (Lipinski definition) is 1. The Labute approximate surface area is 92.9 Å². The summed E-state index contributed by atoms with van der Waals surface area (Å²) in [5.74, 6) is 1.71. The molecule has 0 aromatic heterocycles. The standard InChI is InChI=1S/C14H22O/c1-11-12-6-7-13(10-12)14(11,2)8-4-3-5-9-15/h3,5,12-13,15H,1,4,6-10H2,2H3/b5-3+/t12-,13+,14+/m1/s1. The van der Waals surface area contributed by atoms with E-state index in [0.717, 1.165) is 18.3 Å². The molecule has 2 rings (SSSR count). The molecule has 0 aliphatic heterocycles. The molecule has 2 fully saturated rings. The largest absolute Gasteiger partial charge is 0.392 e. The Morgan fingerprint density at radius 2 is 2.27 bits per heavy atom. The summed E-state index contributed by atoms with van der Waals surface area (Å²) in [6, 6.07) is 0. The fourth-order valence-electron chi connectivity index (χ4n) is 3.55. The van der Waals surface area contributed by atoms with E-state index in [9.17, 15) is 0 Å². The Balaban J connectivity index is 1.95. The van der Waals surface area contributed by atoms with Gasteiger partial charge in [0, 0.05) is 0 Å². The summed E-state index contributed by atoms with van der Waals surface area (Å²) in [6.45, 7) is 6.88. The molecule has 3 atom stereocenters. The average Bonchev–Trinajstić information content (AvgIpc) is 2.78. The molecule has 1 nitrogen and oxygen atoms in total. The molecule has 0 aromatic carbocycles. The Morgan fingerprint density at radius 3 is 2.87 bits per heavy atom. The highest BCUT2D eigenvalue weighted by atomic mass is 16.2. The summed E-state index contributed by atoms with van der Waals surface area (Å²) >= 11 is 0. The summed E-state index contributed by atoms with van der Waals surface area (Å²) in [5, 5.41) is 8.68. The predicted molar refractivity (Wildman–Crippen MR) is 63.5 cm³/mol. The Bertz CT molecular complexity index is 279. The van der Waals surface area contributed by atoms with Gasteiger partial charge in [0.05, 0.1) is 6.61 Å². The lowest BCUT2D eigenvalue weighted by Crippen LogP contribution is -2.25. The van der Waals surface area contributed by atoms with E-state index < -0.39 is 0 Å². The molecule has 0 heterocycles. The second kappa shape index (κ2) is 4.13. The normalized spacial score (nSPS) is 39.5. The highest BCUT2D eigenvalue weighted by Crippen LogP contribution is 2.60. The number of rotatable bonds is 4. The van der Waals surface area contributed by atoms with E-state index in [0.29, 0.717) is 5.41 Å². The zero-order valence-corrected chi connectivity index (χ0v) is 9.71. The lowest BCUT2D eigenvalue weighted by molar-refractivity contribution is 0.240. The molecule has 2 aliphatic carbocycles. The van der Waals surface area contributed by atoms with Crippen molar-refractivity contribution in [3.63, 3.8) is 0 Å². The van der Waals surface area contributed by atoms with Crippen molar-refractivity contribution < 1.29 is 5.11 Å². The number of allylic oxidation sites excluding steroid dienone is 2. The SMILES string of the molecule is C=C1[C@@H]2CC[C@@H](C2)[C@@]1(C)CC/C=C/CO. The Morgan fingerprint density at radius 1 is 1.47 bits per heavy atom.